The van der Waals surface area contributed by atoms with E-state index < -0.39 is 0 Å². The minimum absolute atomic E-state index is 0.865. The third kappa shape index (κ3) is 7.24. The zero-order valence-corrected chi connectivity index (χ0v) is 11.1. The van der Waals surface area contributed by atoms with Crippen LogP contribution in [0.1, 0.15) is 58.3 Å². The van der Waals surface area contributed by atoms with Crippen LogP contribution in [-0.2, 0) is 0 Å². The number of hydrogen-bond acceptors (Lipinski definition) is 2. The lowest BCUT2D eigenvalue weighted by Crippen LogP contribution is -2.28. The molecule has 0 aromatic rings. The summed E-state index contributed by atoms with van der Waals surface area (Å²) in [5, 5.41) is 0. The topological polar surface area (TPSA) is 29.3 Å². The Bertz CT molecular complexity index is 155. The van der Waals surface area contributed by atoms with Crippen LogP contribution < -0.4 is 5.73 Å². The highest BCUT2D eigenvalue weighted by Crippen LogP contribution is 2.29. The summed E-state index contributed by atoms with van der Waals surface area (Å²) in [5.74, 6) is 1.05. The van der Waals surface area contributed by atoms with Gasteiger partial charge in [-0.05, 0) is 57.7 Å². The van der Waals surface area contributed by atoms with Crippen molar-refractivity contribution in [1.29, 1.82) is 0 Å². The Morgan fingerprint density at radius 1 is 1.00 bits per heavy atom. The molecule has 1 rings (SSSR count). The molecule has 2 N–H and O–H groups in total. The van der Waals surface area contributed by atoms with E-state index in [4.69, 9.17) is 5.73 Å². The molecule has 1 aliphatic rings. The van der Waals surface area contributed by atoms with Crippen LogP contribution in [0.15, 0.2) is 0 Å². The fourth-order valence-electron chi connectivity index (χ4n) is 2.29. The van der Waals surface area contributed by atoms with E-state index in [9.17, 15) is 0 Å². The maximum Gasteiger partial charge on any atom is 0.000966 e. The van der Waals surface area contributed by atoms with Gasteiger partial charge in [0.2, 0.25) is 0 Å². The molecule has 0 radical (unpaired) electrons. The second-order valence-electron chi connectivity index (χ2n) is 5.30. The Labute approximate surface area is 102 Å². The van der Waals surface area contributed by atoms with Gasteiger partial charge in [0, 0.05) is 6.54 Å². The van der Waals surface area contributed by atoms with E-state index in [1.165, 1.54) is 71.0 Å². The molecule has 96 valence electrons. The van der Waals surface area contributed by atoms with Crippen LogP contribution in [0.2, 0.25) is 0 Å². The Morgan fingerprint density at radius 2 is 1.69 bits per heavy atom. The molecule has 0 atom stereocenters. The zero-order chi connectivity index (χ0) is 11.6. The quantitative estimate of drug-likeness (QED) is 0.549. The molecule has 0 bridgehead atoms. The minimum Gasteiger partial charge on any atom is -0.330 e. The summed E-state index contributed by atoms with van der Waals surface area (Å²) in [4.78, 5) is 2.68. The second-order valence-corrected chi connectivity index (χ2v) is 5.30. The van der Waals surface area contributed by atoms with E-state index in [0.29, 0.717) is 0 Å². The number of unbranched alkanes of at least 4 members (excludes halogenated alkanes) is 4. The van der Waals surface area contributed by atoms with Crippen LogP contribution in [0, 0.1) is 5.92 Å². The van der Waals surface area contributed by atoms with Gasteiger partial charge in [0.1, 0.15) is 0 Å². The average Bonchev–Trinajstić information content (AvgIpc) is 3.07. The monoisotopic (exact) mass is 226 g/mol. The van der Waals surface area contributed by atoms with E-state index in [1.54, 1.807) is 0 Å². The van der Waals surface area contributed by atoms with Crippen LogP contribution in [0.25, 0.3) is 0 Å². The average molecular weight is 226 g/mol. The summed E-state index contributed by atoms with van der Waals surface area (Å²) in [5.41, 5.74) is 5.48. The number of nitrogens with two attached hydrogens (primary N) is 1. The van der Waals surface area contributed by atoms with Gasteiger partial charge in [-0.3, -0.25) is 0 Å². The molecule has 0 aromatic heterocycles. The number of nitrogens with zero attached hydrogens (tertiary/aromatic N) is 1. The third-order valence-corrected chi connectivity index (χ3v) is 3.43. The first kappa shape index (κ1) is 14.0. The third-order valence-electron chi connectivity index (χ3n) is 3.43. The summed E-state index contributed by atoms with van der Waals surface area (Å²) >= 11 is 0. The molecule has 0 spiro atoms. The van der Waals surface area contributed by atoms with Crippen LogP contribution in [-0.4, -0.2) is 31.1 Å². The van der Waals surface area contributed by atoms with Crippen molar-refractivity contribution in [3.05, 3.63) is 0 Å². The maximum absolute atomic E-state index is 5.48. The van der Waals surface area contributed by atoms with E-state index in [0.717, 1.165) is 12.5 Å². The van der Waals surface area contributed by atoms with Gasteiger partial charge in [-0.2, -0.15) is 0 Å². The molecule has 1 saturated carbocycles. The van der Waals surface area contributed by atoms with E-state index in [2.05, 4.69) is 11.8 Å². The fourth-order valence-corrected chi connectivity index (χ4v) is 2.29. The van der Waals surface area contributed by atoms with Gasteiger partial charge in [0.15, 0.2) is 0 Å². The lowest BCUT2D eigenvalue weighted by atomic mass is 10.1. The Balaban J connectivity index is 1.93. The van der Waals surface area contributed by atoms with Crippen molar-refractivity contribution in [2.75, 3.05) is 26.2 Å². The standard InChI is InChI=1S/C14H30N2/c1-2-11-16(13-14-8-9-14)12-7-5-3-4-6-10-15/h14H,2-13,15H2,1H3. The molecule has 1 fully saturated rings. The van der Waals surface area contributed by atoms with Crippen LogP contribution in [0.5, 0.6) is 0 Å². The molecule has 0 heterocycles. The van der Waals surface area contributed by atoms with Gasteiger partial charge in [-0.15, -0.1) is 0 Å². The highest BCUT2D eigenvalue weighted by Gasteiger charge is 2.23. The molecule has 0 aliphatic heterocycles. The lowest BCUT2D eigenvalue weighted by Gasteiger charge is -2.21. The number of hydrogen-bond donors (Lipinski definition) is 1. The smallest absolute Gasteiger partial charge is 0.000966 e. The normalized spacial score (nSPS) is 15.9. The van der Waals surface area contributed by atoms with Gasteiger partial charge in [0.05, 0.1) is 0 Å². The zero-order valence-electron chi connectivity index (χ0n) is 11.1. The Hall–Kier alpha value is -0.0800. The first-order valence-corrected chi connectivity index (χ1v) is 7.29. The van der Waals surface area contributed by atoms with Crippen molar-refractivity contribution in [3.63, 3.8) is 0 Å². The van der Waals surface area contributed by atoms with Crippen molar-refractivity contribution in [1.82, 2.24) is 4.90 Å². The molecule has 0 unspecified atom stereocenters. The van der Waals surface area contributed by atoms with Crippen LogP contribution in [0.3, 0.4) is 0 Å². The first-order chi connectivity index (χ1) is 7.86. The largest absolute Gasteiger partial charge is 0.330 e. The minimum atomic E-state index is 0.865. The van der Waals surface area contributed by atoms with Gasteiger partial charge in [-0.25, -0.2) is 0 Å². The van der Waals surface area contributed by atoms with Crippen molar-refractivity contribution >= 4 is 0 Å². The number of rotatable bonds is 11. The highest BCUT2D eigenvalue weighted by molar-refractivity contribution is 4.77. The molecule has 1 aliphatic carbocycles. The molecular formula is C14H30N2. The molecule has 0 saturated heterocycles. The van der Waals surface area contributed by atoms with Crippen molar-refractivity contribution < 1.29 is 0 Å². The van der Waals surface area contributed by atoms with Crippen LogP contribution in [0.4, 0.5) is 0 Å². The Morgan fingerprint density at radius 3 is 2.31 bits per heavy atom. The van der Waals surface area contributed by atoms with Gasteiger partial charge in [0.25, 0.3) is 0 Å². The fraction of sp³-hybridized carbons (Fsp3) is 1.00. The summed E-state index contributed by atoms with van der Waals surface area (Å²) < 4.78 is 0. The maximum atomic E-state index is 5.48. The van der Waals surface area contributed by atoms with Gasteiger partial charge < -0.3 is 10.6 Å². The lowest BCUT2D eigenvalue weighted by molar-refractivity contribution is 0.257. The summed E-state index contributed by atoms with van der Waals surface area (Å²) in [7, 11) is 0. The van der Waals surface area contributed by atoms with Gasteiger partial charge >= 0.3 is 0 Å². The summed E-state index contributed by atoms with van der Waals surface area (Å²) in [6.45, 7) is 7.16. The molecule has 0 amide bonds. The first-order valence-electron chi connectivity index (χ1n) is 7.29. The SMILES string of the molecule is CCCN(CCCCCCCN)CC1CC1. The highest BCUT2D eigenvalue weighted by atomic mass is 15.1. The van der Waals surface area contributed by atoms with Gasteiger partial charge in [-0.1, -0.05) is 26.2 Å². The summed E-state index contributed by atoms with van der Waals surface area (Å²) in [6.07, 6.45) is 11.0. The van der Waals surface area contributed by atoms with E-state index in [1.807, 2.05) is 0 Å². The predicted octanol–water partition coefficient (Wildman–Crippen LogP) is 3.02. The van der Waals surface area contributed by atoms with Crippen molar-refractivity contribution in [2.24, 2.45) is 11.7 Å². The molecular weight excluding hydrogens is 196 g/mol. The molecule has 2 nitrogen and oxygen atoms in total. The molecule has 16 heavy (non-hydrogen) atoms. The summed E-state index contributed by atoms with van der Waals surface area (Å²) in [6, 6.07) is 0. The Kier molecular flexibility index (Phi) is 7.87. The second kappa shape index (κ2) is 9.00. The van der Waals surface area contributed by atoms with E-state index in [-0.39, 0.29) is 0 Å². The van der Waals surface area contributed by atoms with E-state index >= 15 is 0 Å². The predicted molar refractivity (Wildman–Crippen MR) is 71.6 cm³/mol. The molecule has 0 aromatic carbocycles. The van der Waals surface area contributed by atoms with Crippen molar-refractivity contribution in [3.8, 4) is 0 Å². The molecule has 2 heteroatoms. The van der Waals surface area contributed by atoms with Crippen LogP contribution >= 0.6 is 0 Å². The van der Waals surface area contributed by atoms with Crippen molar-refractivity contribution in [2.45, 2.75) is 58.3 Å².